The maximum atomic E-state index is 12.9. The van der Waals surface area contributed by atoms with Gasteiger partial charge in [-0.25, -0.2) is 0 Å². The Morgan fingerprint density at radius 2 is 1.92 bits per heavy atom. The molecule has 0 bridgehead atoms. The molecule has 0 aliphatic rings. The molecular formula is C21H22N2O3. The van der Waals surface area contributed by atoms with Crippen LogP contribution in [-0.2, 0) is 6.54 Å². The van der Waals surface area contributed by atoms with Crippen LogP contribution in [0.5, 0.6) is 11.5 Å². The maximum Gasteiger partial charge on any atom is 0.205 e. The number of Topliss-reactive ketones (excluding diaryl/α,β-unsaturated/α-hetero) is 1. The van der Waals surface area contributed by atoms with Gasteiger partial charge in [0.2, 0.25) is 5.78 Å². The molecule has 0 spiro atoms. The molecule has 26 heavy (non-hydrogen) atoms. The highest BCUT2D eigenvalue weighted by Crippen LogP contribution is 2.29. The SMILES string of the molecule is C=CCn1c(C)cc(C(=O)/C(C#N)=C/c2ccc(OC)c(OC)c2)c1C. The number of ketones is 1. The largest absolute Gasteiger partial charge is 0.493 e. The van der Waals surface area contributed by atoms with Crippen LogP contribution in [0.4, 0.5) is 0 Å². The monoisotopic (exact) mass is 350 g/mol. The van der Waals surface area contributed by atoms with Gasteiger partial charge in [0, 0.05) is 23.5 Å². The van der Waals surface area contributed by atoms with Crippen molar-refractivity contribution in [2.24, 2.45) is 0 Å². The number of allylic oxidation sites excluding steroid dienone is 2. The highest BCUT2D eigenvalue weighted by Gasteiger charge is 2.19. The molecule has 0 aliphatic carbocycles. The van der Waals surface area contributed by atoms with Gasteiger partial charge < -0.3 is 14.0 Å². The van der Waals surface area contributed by atoms with E-state index in [0.29, 0.717) is 29.2 Å². The molecule has 5 nitrogen and oxygen atoms in total. The topological polar surface area (TPSA) is 64.2 Å². The zero-order chi connectivity index (χ0) is 19.3. The van der Waals surface area contributed by atoms with Crippen molar-refractivity contribution in [3.63, 3.8) is 0 Å². The van der Waals surface area contributed by atoms with Gasteiger partial charge in [-0.1, -0.05) is 12.1 Å². The van der Waals surface area contributed by atoms with Crippen LogP contribution >= 0.6 is 0 Å². The number of carbonyl (C=O) groups excluding carboxylic acids is 1. The number of nitrogens with zero attached hydrogens (tertiary/aromatic N) is 2. The fourth-order valence-electron chi connectivity index (χ4n) is 2.84. The molecule has 0 unspecified atom stereocenters. The van der Waals surface area contributed by atoms with E-state index in [1.165, 1.54) is 7.11 Å². The fourth-order valence-corrected chi connectivity index (χ4v) is 2.84. The molecule has 0 amide bonds. The maximum absolute atomic E-state index is 12.9. The van der Waals surface area contributed by atoms with Gasteiger partial charge in [0.1, 0.15) is 11.6 Å². The predicted octanol–water partition coefficient (Wildman–Crippen LogP) is 4.10. The number of ether oxygens (including phenoxy) is 2. The van der Waals surface area contributed by atoms with E-state index in [2.05, 4.69) is 6.58 Å². The number of methoxy groups -OCH3 is 2. The summed E-state index contributed by atoms with van der Waals surface area (Å²) in [4.78, 5) is 12.9. The number of aryl methyl sites for hydroxylation is 1. The Morgan fingerprint density at radius 3 is 2.50 bits per heavy atom. The highest BCUT2D eigenvalue weighted by molar-refractivity contribution is 6.14. The lowest BCUT2D eigenvalue weighted by Gasteiger charge is -2.08. The highest BCUT2D eigenvalue weighted by atomic mass is 16.5. The molecule has 2 rings (SSSR count). The average Bonchev–Trinajstić information content (AvgIpc) is 2.93. The molecule has 2 aromatic rings. The van der Waals surface area contributed by atoms with E-state index in [4.69, 9.17) is 9.47 Å². The van der Waals surface area contributed by atoms with E-state index < -0.39 is 0 Å². The number of carbonyl (C=O) groups is 1. The summed E-state index contributed by atoms with van der Waals surface area (Å²) in [5.74, 6) is 0.823. The van der Waals surface area contributed by atoms with Gasteiger partial charge in [-0.3, -0.25) is 4.79 Å². The van der Waals surface area contributed by atoms with E-state index in [9.17, 15) is 10.1 Å². The van der Waals surface area contributed by atoms with Gasteiger partial charge in [-0.15, -0.1) is 6.58 Å². The van der Waals surface area contributed by atoms with Crippen LogP contribution in [0.25, 0.3) is 6.08 Å². The number of rotatable bonds is 7. The summed E-state index contributed by atoms with van der Waals surface area (Å²) >= 11 is 0. The molecule has 1 heterocycles. The molecule has 0 saturated carbocycles. The van der Waals surface area contributed by atoms with Crippen LogP contribution < -0.4 is 9.47 Å². The predicted molar refractivity (Wildman–Crippen MR) is 102 cm³/mol. The first-order valence-electron chi connectivity index (χ1n) is 8.13. The van der Waals surface area contributed by atoms with Crippen molar-refractivity contribution in [1.82, 2.24) is 4.57 Å². The van der Waals surface area contributed by atoms with Gasteiger partial charge in [-0.2, -0.15) is 5.26 Å². The first kappa shape index (κ1) is 19.1. The second-order valence-electron chi connectivity index (χ2n) is 5.80. The Labute approximate surface area is 153 Å². The zero-order valence-electron chi connectivity index (χ0n) is 15.5. The molecule has 1 aromatic carbocycles. The lowest BCUT2D eigenvalue weighted by atomic mass is 10.0. The first-order chi connectivity index (χ1) is 12.5. The zero-order valence-corrected chi connectivity index (χ0v) is 15.5. The lowest BCUT2D eigenvalue weighted by Crippen LogP contribution is -2.05. The minimum Gasteiger partial charge on any atom is -0.493 e. The Morgan fingerprint density at radius 1 is 1.23 bits per heavy atom. The lowest BCUT2D eigenvalue weighted by molar-refractivity contribution is 0.103. The summed E-state index contributed by atoms with van der Waals surface area (Å²) in [6.07, 6.45) is 3.34. The average molecular weight is 350 g/mol. The van der Waals surface area contributed by atoms with E-state index in [1.54, 1.807) is 43.5 Å². The summed E-state index contributed by atoms with van der Waals surface area (Å²) in [6.45, 7) is 8.15. The molecule has 0 saturated heterocycles. The molecular weight excluding hydrogens is 328 g/mol. The number of benzene rings is 1. The van der Waals surface area contributed by atoms with Crippen molar-refractivity contribution in [2.75, 3.05) is 14.2 Å². The van der Waals surface area contributed by atoms with Crippen LogP contribution in [-0.4, -0.2) is 24.6 Å². The van der Waals surface area contributed by atoms with Crippen LogP contribution in [0.1, 0.15) is 27.3 Å². The summed E-state index contributed by atoms with van der Waals surface area (Å²) in [7, 11) is 3.09. The van der Waals surface area contributed by atoms with E-state index in [1.807, 2.05) is 24.5 Å². The Balaban J connectivity index is 2.44. The van der Waals surface area contributed by atoms with Crippen LogP contribution in [0.3, 0.4) is 0 Å². The quantitative estimate of drug-likeness (QED) is 0.326. The molecule has 0 atom stereocenters. The standard InChI is InChI=1S/C21H22N2O3/c1-6-9-23-14(2)10-18(15(23)3)21(24)17(13-22)11-16-7-8-19(25-4)20(12-16)26-5/h6-8,10-12H,1,9H2,2-5H3/b17-11+. The molecule has 134 valence electrons. The molecule has 0 N–H and O–H groups in total. The molecule has 1 aromatic heterocycles. The molecule has 5 heteroatoms. The van der Waals surface area contributed by atoms with Crippen molar-refractivity contribution in [3.8, 4) is 17.6 Å². The van der Waals surface area contributed by atoms with Gasteiger partial charge in [-0.05, 0) is 43.7 Å². The van der Waals surface area contributed by atoms with Crippen LogP contribution in [0.2, 0.25) is 0 Å². The van der Waals surface area contributed by atoms with Gasteiger partial charge in [0.05, 0.1) is 14.2 Å². The summed E-state index contributed by atoms with van der Waals surface area (Å²) in [5.41, 5.74) is 3.05. The second-order valence-corrected chi connectivity index (χ2v) is 5.80. The van der Waals surface area contributed by atoms with Crippen molar-refractivity contribution >= 4 is 11.9 Å². The number of aromatic nitrogens is 1. The van der Waals surface area contributed by atoms with Crippen molar-refractivity contribution in [1.29, 1.82) is 5.26 Å². The second kappa shape index (κ2) is 8.21. The third-order valence-electron chi connectivity index (χ3n) is 4.21. The van der Waals surface area contributed by atoms with Gasteiger partial charge in [0.15, 0.2) is 11.5 Å². The van der Waals surface area contributed by atoms with Crippen LogP contribution in [0, 0.1) is 25.2 Å². The van der Waals surface area contributed by atoms with Crippen molar-refractivity contribution in [3.05, 3.63) is 65.0 Å². The Kier molecular flexibility index (Phi) is 6.03. The first-order valence-corrected chi connectivity index (χ1v) is 8.13. The van der Waals surface area contributed by atoms with Crippen molar-refractivity contribution < 1.29 is 14.3 Å². The van der Waals surface area contributed by atoms with Gasteiger partial charge in [0.25, 0.3) is 0 Å². The Hall–Kier alpha value is -3.26. The van der Waals surface area contributed by atoms with Crippen molar-refractivity contribution in [2.45, 2.75) is 20.4 Å². The van der Waals surface area contributed by atoms with E-state index >= 15 is 0 Å². The smallest absolute Gasteiger partial charge is 0.205 e. The van der Waals surface area contributed by atoms with Gasteiger partial charge >= 0.3 is 0 Å². The minimum absolute atomic E-state index is 0.0658. The van der Waals surface area contributed by atoms with E-state index in [-0.39, 0.29) is 11.4 Å². The third-order valence-corrected chi connectivity index (χ3v) is 4.21. The summed E-state index contributed by atoms with van der Waals surface area (Å²) in [5, 5.41) is 9.50. The summed E-state index contributed by atoms with van der Waals surface area (Å²) < 4.78 is 12.5. The third kappa shape index (κ3) is 3.70. The number of nitriles is 1. The Bertz CT molecular complexity index is 914. The molecule has 0 radical (unpaired) electrons. The van der Waals surface area contributed by atoms with E-state index in [0.717, 1.165) is 11.4 Å². The number of hydrogen-bond donors (Lipinski definition) is 0. The fraction of sp³-hybridized carbons (Fsp3) is 0.238. The number of hydrogen-bond acceptors (Lipinski definition) is 4. The molecule has 0 aliphatic heterocycles. The normalized spacial score (nSPS) is 11.0. The summed E-state index contributed by atoms with van der Waals surface area (Å²) in [6, 6.07) is 9.05. The minimum atomic E-state index is -0.300. The van der Waals surface area contributed by atoms with Crippen LogP contribution in [0.15, 0.2) is 42.5 Å². The molecule has 0 fully saturated rings.